The van der Waals surface area contributed by atoms with Gasteiger partial charge in [0.15, 0.2) is 0 Å². The molecule has 3 nitrogen and oxygen atoms in total. The summed E-state index contributed by atoms with van der Waals surface area (Å²) in [6.45, 7) is 5.79. The molecular weight excluding hydrogens is 304 g/mol. The Balaban J connectivity index is 2.41. The lowest BCUT2D eigenvalue weighted by molar-refractivity contribution is 0.620. The van der Waals surface area contributed by atoms with Gasteiger partial charge in [-0.2, -0.15) is 0 Å². The van der Waals surface area contributed by atoms with E-state index in [0.29, 0.717) is 10.7 Å². The molecule has 0 aliphatic rings. The summed E-state index contributed by atoms with van der Waals surface area (Å²) in [7, 11) is -1.23. The molecule has 112 valence electrons. The third-order valence-electron chi connectivity index (χ3n) is 2.97. The summed E-state index contributed by atoms with van der Waals surface area (Å²) in [5.74, 6) is 0. The number of nitrogens with zero attached hydrogens (tertiary/aromatic N) is 1. The molecular formula is C16H19ClN2OS. The van der Waals surface area contributed by atoms with Crippen molar-refractivity contribution in [3.05, 3.63) is 64.9 Å². The van der Waals surface area contributed by atoms with Crippen LogP contribution in [0.15, 0.2) is 48.7 Å². The van der Waals surface area contributed by atoms with Crippen LogP contribution in [0.25, 0.3) is 0 Å². The number of nitrogens with one attached hydrogen (secondary N) is 1. The van der Waals surface area contributed by atoms with Crippen LogP contribution in [0.2, 0.25) is 5.02 Å². The van der Waals surface area contributed by atoms with Crippen molar-refractivity contribution in [2.45, 2.75) is 31.6 Å². The summed E-state index contributed by atoms with van der Waals surface area (Å²) in [5.41, 5.74) is 1.67. The van der Waals surface area contributed by atoms with E-state index in [2.05, 4.69) is 9.71 Å². The second-order valence-corrected chi connectivity index (χ2v) is 8.12. The van der Waals surface area contributed by atoms with Crippen molar-refractivity contribution in [1.82, 2.24) is 9.71 Å². The van der Waals surface area contributed by atoms with E-state index >= 15 is 0 Å². The van der Waals surface area contributed by atoms with Crippen molar-refractivity contribution in [2.24, 2.45) is 0 Å². The van der Waals surface area contributed by atoms with Gasteiger partial charge in [-0.1, -0.05) is 41.9 Å². The molecule has 0 radical (unpaired) electrons. The Bertz CT molecular complexity index is 626. The van der Waals surface area contributed by atoms with Gasteiger partial charge in [0.2, 0.25) is 0 Å². The monoisotopic (exact) mass is 322 g/mol. The fourth-order valence-corrected chi connectivity index (χ4v) is 2.87. The first-order valence-corrected chi connectivity index (χ1v) is 8.26. The molecule has 0 aliphatic carbocycles. The summed E-state index contributed by atoms with van der Waals surface area (Å²) in [4.78, 5) is 4.36. The average Bonchev–Trinajstić information content (AvgIpc) is 2.45. The Hall–Kier alpha value is -1.23. The first-order valence-electron chi connectivity index (χ1n) is 6.73. The molecule has 1 heterocycles. The van der Waals surface area contributed by atoms with Crippen molar-refractivity contribution in [3.63, 3.8) is 0 Å². The van der Waals surface area contributed by atoms with E-state index < -0.39 is 11.0 Å². The van der Waals surface area contributed by atoms with Gasteiger partial charge in [0.1, 0.15) is 0 Å². The zero-order valence-electron chi connectivity index (χ0n) is 12.3. The maximum Gasteiger partial charge on any atom is 0.0979 e. The first kappa shape index (κ1) is 16.1. The second-order valence-electron chi connectivity index (χ2n) is 5.71. The topological polar surface area (TPSA) is 42.0 Å². The van der Waals surface area contributed by atoms with Gasteiger partial charge in [0, 0.05) is 6.20 Å². The number of pyridine rings is 1. The van der Waals surface area contributed by atoms with Crippen molar-refractivity contribution >= 4 is 22.6 Å². The van der Waals surface area contributed by atoms with Crippen LogP contribution in [0.4, 0.5) is 0 Å². The van der Waals surface area contributed by atoms with Crippen LogP contribution >= 0.6 is 11.6 Å². The molecule has 0 saturated heterocycles. The minimum Gasteiger partial charge on any atom is -0.258 e. The minimum atomic E-state index is -1.23. The van der Waals surface area contributed by atoms with Gasteiger partial charge in [0.05, 0.1) is 32.5 Å². The molecule has 2 rings (SSSR count). The number of halogens is 1. The van der Waals surface area contributed by atoms with Gasteiger partial charge in [0.25, 0.3) is 0 Å². The van der Waals surface area contributed by atoms with Gasteiger partial charge in [-0.15, -0.1) is 0 Å². The maximum atomic E-state index is 12.5. The van der Waals surface area contributed by atoms with Crippen molar-refractivity contribution in [3.8, 4) is 0 Å². The van der Waals surface area contributed by atoms with Crippen molar-refractivity contribution < 1.29 is 4.21 Å². The number of aromatic nitrogens is 1. The highest BCUT2D eigenvalue weighted by atomic mass is 35.5. The Morgan fingerprint density at radius 1 is 1.14 bits per heavy atom. The molecule has 2 unspecified atom stereocenters. The fourth-order valence-electron chi connectivity index (χ4n) is 1.82. The zero-order valence-corrected chi connectivity index (χ0v) is 13.9. The normalized spacial score (nSPS) is 14.7. The molecule has 0 spiro atoms. The Morgan fingerprint density at radius 3 is 2.38 bits per heavy atom. The number of hydrogen-bond donors (Lipinski definition) is 1. The van der Waals surface area contributed by atoms with Crippen LogP contribution in [0.3, 0.4) is 0 Å². The lowest BCUT2D eigenvalue weighted by Gasteiger charge is -2.24. The Kier molecular flexibility index (Phi) is 5.14. The first-order chi connectivity index (χ1) is 9.89. The van der Waals surface area contributed by atoms with Crippen LogP contribution < -0.4 is 4.72 Å². The standard InChI is InChI=1S/C16H19ClN2OS/c1-16(2,3)21(20)19-14(12-8-5-4-6-9-12)15-13(17)10-7-11-18-15/h4-11,14,19H,1-3H3. The third-order valence-corrected chi connectivity index (χ3v) is 4.86. The van der Waals surface area contributed by atoms with E-state index in [-0.39, 0.29) is 10.8 Å². The molecule has 1 N–H and O–H groups in total. The summed E-state index contributed by atoms with van der Waals surface area (Å²) in [6, 6.07) is 13.1. The molecule has 0 aliphatic heterocycles. The van der Waals surface area contributed by atoms with E-state index in [1.807, 2.05) is 51.1 Å². The van der Waals surface area contributed by atoms with Crippen molar-refractivity contribution in [1.29, 1.82) is 0 Å². The van der Waals surface area contributed by atoms with Gasteiger partial charge in [-0.05, 0) is 38.5 Å². The quantitative estimate of drug-likeness (QED) is 0.928. The SMILES string of the molecule is CC(C)(C)S(=O)NC(c1ccccc1)c1ncccc1Cl. The van der Waals surface area contributed by atoms with Crippen LogP contribution in [0.5, 0.6) is 0 Å². The number of hydrogen-bond acceptors (Lipinski definition) is 2. The molecule has 2 aromatic rings. The van der Waals surface area contributed by atoms with Gasteiger partial charge < -0.3 is 0 Å². The van der Waals surface area contributed by atoms with E-state index in [4.69, 9.17) is 11.6 Å². The van der Waals surface area contributed by atoms with Crippen LogP contribution in [-0.4, -0.2) is 13.9 Å². The van der Waals surface area contributed by atoms with Gasteiger partial charge in [-0.3, -0.25) is 4.98 Å². The molecule has 0 amide bonds. The second kappa shape index (κ2) is 6.69. The van der Waals surface area contributed by atoms with Crippen LogP contribution in [0, 0.1) is 0 Å². The average molecular weight is 323 g/mol. The van der Waals surface area contributed by atoms with Crippen molar-refractivity contribution in [2.75, 3.05) is 0 Å². The van der Waals surface area contributed by atoms with Crippen LogP contribution in [-0.2, 0) is 11.0 Å². The Morgan fingerprint density at radius 2 is 1.81 bits per heavy atom. The number of benzene rings is 1. The van der Waals surface area contributed by atoms with E-state index in [1.165, 1.54) is 0 Å². The lowest BCUT2D eigenvalue weighted by Crippen LogP contribution is -2.36. The fraction of sp³-hybridized carbons (Fsp3) is 0.312. The molecule has 0 bridgehead atoms. The lowest BCUT2D eigenvalue weighted by atomic mass is 10.0. The highest BCUT2D eigenvalue weighted by Crippen LogP contribution is 2.27. The van der Waals surface area contributed by atoms with E-state index in [1.54, 1.807) is 18.3 Å². The van der Waals surface area contributed by atoms with E-state index in [9.17, 15) is 4.21 Å². The largest absolute Gasteiger partial charge is 0.258 e. The highest BCUT2D eigenvalue weighted by Gasteiger charge is 2.26. The highest BCUT2D eigenvalue weighted by molar-refractivity contribution is 7.84. The van der Waals surface area contributed by atoms with Gasteiger partial charge >= 0.3 is 0 Å². The molecule has 0 saturated carbocycles. The number of rotatable bonds is 4. The van der Waals surface area contributed by atoms with E-state index in [0.717, 1.165) is 5.56 Å². The molecule has 2 atom stereocenters. The predicted molar refractivity (Wildman–Crippen MR) is 88.6 cm³/mol. The molecule has 1 aromatic carbocycles. The minimum absolute atomic E-state index is 0.306. The predicted octanol–water partition coefficient (Wildman–Crippen LogP) is 3.88. The third kappa shape index (κ3) is 4.13. The molecule has 5 heteroatoms. The van der Waals surface area contributed by atoms with Crippen LogP contribution in [0.1, 0.15) is 38.1 Å². The zero-order chi connectivity index (χ0) is 15.5. The smallest absolute Gasteiger partial charge is 0.0979 e. The molecule has 1 aromatic heterocycles. The summed E-state index contributed by atoms with van der Waals surface area (Å²) in [6.07, 6.45) is 1.69. The Labute approximate surface area is 133 Å². The molecule has 21 heavy (non-hydrogen) atoms. The maximum absolute atomic E-state index is 12.5. The van der Waals surface area contributed by atoms with Gasteiger partial charge in [-0.25, -0.2) is 8.93 Å². The summed E-state index contributed by atoms with van der Waals surface area (Å²) < 4.78 is 15.3. The summed E-state index contributed by atoms with van der Waals surface area (Å²) in [5, 5.41) is 0.560. The summed E-state index contributed by atoms with van der Waals surface area (Å²) >= 11 is 6.27. The molecule has 0 fully saturated rings.